The van der Waals surface area contributed by atoms with Crippen LogP contribution < -0.4 is 10.0 Å². The molecule has 0 saturated heterocycles. The number of amides is 1. The molecule has 18 heavy (non-hydrogen) atoms. The molecular weight excluding hydrogens is 273 g/mol. The van der Waals surface area contributed by atoms with Crippen molar-refractivity contribution in [1.82, 2.24) is 5.32 Å². The molecule has 0 atom stereocenters. The number of carbonyl (C=O) groups excluding carboxylic acids is 1. The fourth-order valence-electron chi connectivity index (χ4n) is 1.05. The van der Waals surface area contributed by atoms with E-state index < -0.39 is 21.4 Å². The predicted molar refractivity (Wildman–Crippen MR) is 58.4 cm³/mol. The second kappa shape index (κ2) is 4.84. The number of nitrogens with one attached hydrogen (secondary N) is 2. The lowest BCUT2D eigenvalue weighted by Gasteiger charge is -2.10. The minimum absolute atomic E-state index is 0.201. The third-order valence-corrected chi connectivity index (χ3v) is 3.04. The van der Waals surface area contributed by atoms with Gasteiger partial charge in [-0.3, -0.25) is 9.52 Å². The van der Waals surface area contributed by atoms with Gasteiger partial charge in [0.15, 0.2) is 0 Å². The van der Waals surface area contributed by atoms with Crippen LogP contribution in [0.4, 0.5) is 18.9 Å². The summed E-state index contributed by atoms with van der Waals surface area (Å²) in [5.41, 5.74) is -5.46. The SMILES string of the molecule is CNC(=O)c1ccc(NS(=O)(=O)C(F)(F)F)cc1. The molecule has 0 saturated carbocycles. The second-order valence-electron chi connectivity index (χ2n) is 3.21. The average molecular weight is 282 g/mol. The highest BCUT2D eigenvalue weighted by Gasteiger charge is 2.45. The summed E-state index contributed by atoms with van der Waals surface area (Å²) in [5, 5.41) is 2.32. The Morgan fingerprint density at radius 2 is 1.67 bits per heavy atom. The van der Waals surface area contributed by atoms with Crippen LogP contribution >= 0.6 is 0 Å². The van der Waals surface area contributed by atoms with Crippen molar-refractivity contribution in [2.24, 2.45) is 0 Å². The van der Waals surface area contributed by atoms with E-state index in [9.17, 15) is 26.4 Å². The van der Waals surface area contributed by atoms with Gasteiger partial charge in [0.25, 0.3) is 5.91 Å². The first-order chi connectivity index (χ1) is 8.17. The van der Waals surface area contributed by atoms with Crippen molar-refractivity contribution in [1.29, 1.82) is 0 Å². The molecule has 0 unspecified atom stereocenters. The first-order valence-corrected chi connectivity index (χ1v) is 6.07. The molecule has 5 nitrogen and oxygen atoms in total. The molecule has 0 heterocycles. The molecule has 1 aromatic rings. The van der Waals surface area contributed by atoms with Crippen LogP contribution in [0.2, 0.25) is 0 Å². The van der Waals surface area contributed by atoms with Crippen molar-refractivity contribution in [3.8, 4) is 0 Å². The number of sulfonamides is 1. The Labute approximate surface area is 101 Å². The van der Waals surface area contributed by atoms with E-state index in [1.54, 1.807) is 0 Å². The van der Waals surface area contributed by atoms with Crippen molar-refractivity contribution >= 4 is 21.6 Å². The molecular formula is C9H9F3N2O3S. The van der Waals surface area contributed by atoms with E-state index >= 15 is 0 Å². The van der Waals surface area contributed by atoms with Crippen LogP contribution in [0.15, 0.2) is 24.3 Å². The van der Waals surface area contributed by atoms with E-state index in [0.29, 0.717) is 0 Å². The Hall–Kier alpha value is -1.77. The molecule has 9 heteroatoms. The summed E-state index contributed by atoms with van der Waals surface area (Å²) in [6, 6.07) is 4.53. The molecule has 0 aliphatic rings. The minimum Gasteiger partial charge on any atom is -0.355 e. The van der Waals surface area contributed by atoms with Gasteiger partial charge in [0, 0.05) is 18.3 Å². The molecule has 1 aromatic carbocycles. The van der Waals surface area contributed by atoms with E-state index in [0.717, 1.165) is 12.1 Å². The van der Waals surface area contributed by atoms with Gasteiger partial charge in [0.1, 0.15) is 0 Å². The Balaban J connectivity index is 2.92. The Morgan fingerprint density at radius 1 is 1.17 bits per heavy atom. The lowest BCUT2D eigenvalue weighted by Crippen LogP contribution is -2.29. The molecule has 0 fully saturated rings. The van der Waals surface area contributed by atoms with Gasteiger partial charge >= 0.3 is 15.5 Å². The highest BCUT2D eigenvalue weighted by atomic mass is 32.2. The molecule has 0 bridgehead atoms. The monoisotopic (exact) mass is 282 g/mol. The lowest BCUT2D eigenvalue weighted by molar-refractivity contribution is -0.0429. The molecule has 2 N–H and O–H groups in total. The van der Waals surface area contributed by atoms with Crippen LogP contribution in [0, 0.1) is 0 Å². The second-order valence-corrected chi connectivity index (χ2v) is 4.88. The lowest BCUT2D eigenvalue weighted by atomic mass is 10.2. The summed E-state index contributed by atoms with van der Waals surface area (Å²) in [4.78, 5) is 11.1. The third kappa shape index (κ3) is 3.13. The summed E-state index contributed by atoms with van der Waals surface area (Å²) in [6.45, 7) is 0. The fourth-order valence-corrected chi connectivity index (χ4v) is 1.61. The van der Waals surface area contributed by atoms with Gasteiger partial charge in [-0.2, -0.15) is 21.6 Å². The number of carbonyl (C=O) groups is 1. The third-order valence-electron chi connectivity index (χ3n) is 1.93. The van der Waals surface area contributed by atoms with Crippen LogP contribution in [-0.2, 0) is 10.0 Å². The van der Waals surface area contributed by atoms with Gasteiger partial charge in [0.05, 0.1) is 0 Å². The van der Waals surface area contributed by atoms with Gasteiger partial charge in [0.2, 0.25) is 0 Å². The zero-order valence-corrected chi connectivity index (χ0v) is 9.89. The summed E-state index contributed by atoms with van der Waals surface area (Å²) in [5.74, 6) is -0.430. The van der Waals surface area contributed by atoms with E-state index in [1.807, 2.05) is 0 Å². The van der Waals surface area contributed by atoms with Gasteiger partial charge in [-0.15, -0.1) is 0 Å². The van der Waals surface area contributed by atoms with Crippen LogP contribution in [0.5, 0.6) is 0 Å². The number of hydrogen-bond donors (Lipinski definition) is 2. The maximum atomic E-state index is 12.1. The molecule has 0 radical (unpaired) electrons. The van der Waals surface area contributed by atoms with Gasteiger partial charge < -0.3 is 5.32 Å². The van der Waals surface area contributed by atoms with Gasteiger partial charge in [-0.05, 0) is 24.3 Å². The Bertz CT molecular complexity index is 537. The zero-order valence-electron chi connectivity index (χ0n) is 9.08. The number of halogens is 3. The minimum atomic E-state index is -5.44. The van der Waals surface area contributed by atoms with E-state index in [1.165, 1.54) is 23.9 Å². The normalized spacial score (nSPS) is 12.0. The zero-order chi connectivity index (χ0) is 14.0. The molecule has 1 rings (SSSR count). The quantitative estimate of drug-likeness (QED) is 0.877. The summed E-state index contributed by atoms with van der Waals surface area (Å²) >= 11 is 0. The fraction of sp³-hybridized carbons (Fsp3) is 0.222. The van der Waals surface area contributed by atoms with Crippen molar-refractivity contribution in [3.63, 3.8) is 0 Å². The number of anilines is 1. The average Bonchev–Trinajstić information content (AvgIpc) is 2.27. The van der Waals surface area contributed by atoms with E-state index in [2.05, 4.69) is 5.32 Å². The molecule has 0 aliphatic heterocycles. The van der Waals surface area contributed by atoms with E-state index in [4.69, 9.17) is 0 Å². The number of rotatable bonds is 3. The Kier molecular flexibility index (Phi) is 3.85. The van der Waals surface area contributed by atoms with Crippen molar-refractivity contribution in [3.05, 3.63) is 29.8 Å². The van der Waals surface area contributed by atoms with Crippen molar-refractivity contribution < 1.29 is 26.4 Å². The van der Waals surface area contributed by atoms with Crippen LogP contribution in [-0.4, -0.2) is 26.9 Å². The summed E-state index contributed by atoms with van der Waals surface area (Å²) in [7, 11) is -4.05. The smallest absolute Gasteiger partial charge is 0.355 e. The highest BCUT2D eigenvalue weighted by Crippen LogP contribution is 2.25. The number of hydrogen-bond acceptors (Lipinski definition) is 3. The first-order valence-electron chi connectivity index (χ1n) is 4.58. The topological polar surface area (TPSA) is 75.3 Å². The number of benzene rings is 1. The maximum Gasteiger partial charge on any atom is 0.516 e. The largest absolute Gasteiger partial charge is 0.516 e. The molecule has 0 aromatic heterocycles. The van der Waals surface area contributed by atoms with Crippen molar-refractivity contribution in [2.45, 2.75) is 5.51 Å². The molecule has 1 amide bonds. The van der Waals surface area contributed by atoms with Crippen LogP contribution in [0.3, 0.4) is 0 Å². The van der Waals surface area contributed by atoms with Crippen molar-refractivity contribution in [2.75, 3.05) is 11.8 Å². The predicted octanol–water partition coefficient (Wildman–Crippen LogP) is 1.31. The van der Waals surface area contributed by atoms with Gasteiger partial charge in [-0.1, -0.05) is 0 Å². The molecule has 0 spiro atoms. The molecule has 0 aliphatic carbocycles. The molecule has 100 valence electrons. The summed E-state index contributed by atoms with van der Waals surface area (Å²) in [6.07, 6.45) is 0. The maximum absolute atomic E-state index is 12.1. The standard InChI is InChI=1S/C9H9F3N2O3S/c1-13-8(15)6-2-4-7(5-3-6)14-18(16,17)9(10,11)12/h2-5,14H,1H3,(H,13,15). The van der Waals surface area contributed by atoms with E-state index in [-0.39, 0.29) is 11.3 Å². The van der Waals surface area contributed by atoms with Crippen LogP contribution in [0.1, 0.15) is 10.4 Å². The van der Waals surface area contributed by atoms with Gasteiger partial charge in [-0.25, -0.2) is 0 Å². The Morgan fingerprint density at radius 3 is 2.06 bits per heavy atom. The highest BCUT2D eigenvalue weighted by molar-refractivity contribution is 7.93. The van der Waals surface area contributed by atoms with Crippen LogP contribution in [0.25, 0.3) is 0 Å². The summed E-state index contributed by atoms with van der Waals surface area (Å²) < 4.78 is 59.1. The number of alkyl halides is 3. The first kappa shape index (κ1) is 14.3.